The highest BCUT2D eigenvalue weighted by atomic mass is 16.5. The van der Waals surface area contributed by atoms with Gasteiger partial charge in [0.25, 0.3) is 0 Å². The first-order valence-electron chi connectivity index (χ1n) is 10.6. The van der Waals surface area contributed by atoms with Gasteiger partial charge in [-0.3, -0.25) is 9.13 Å². The Morgan fingerprint density at radius 2 is 1.24 bits per heavy atom. The zero-order valence-electron chi connectivity index (χ0n) is 18.0. The quantitative estimate of drug-likeness (QED) is 0.252. The summed E-state index contributed by atoms with van der Waals surface area (Å²) in [5.41, 5.74) is 11.1. The van der Waals surface area contributed by atoms with Crippen molar-refractivity contribution in [3.8, 4) is 0 Å². The lowest BCUT2D eigenvalue weighted by molar-refractivity contribution is -0.0458. The topological polar surface area (TPSA) is 221 Å². The first kappa shape index (κ1) is 24.0. The number of anilines is 2. The highest BCUT2D eigenvalue weighted by Gasteiger charge is 2.36. The lowest BCUT2D eigenvalue weighted by Gasteiger charge is -2.16. The Morgan fingerprint density at radius 1 is 0.853 bits per heavy atom. The molecule has 0 bridgehead atoms. The molecular formula is C20H26N6O8. The SMILES string of the molecule is Nc1nc(=O)n(C2CC(O)C(CO)O2)cc1/C=C/c1cn(C2CC(O)C(CO)O2)c(=O)nc1N. The minimum Gasteiger partial charge on any atom is -0.394 e. The number of rotatable bonds is 6. The van der Waals surface area contributed by atoms with Gasteiger partial charge in [0.05, 0.1) is 25.4 Å². The number of aliphatic hydroxyl groups excluding tert-OH is 4. The lowest BCUT2D eigenvalue weighted by Crippen LogP contribution is -2.29. The van der Waals surface area contributed by atoms with E-state index in [2.05, 4.69) is 9.97 Å². The minimum absolute atomic E-state index is 0.0670. The minimum atomic E-state index is -0.938. The number of nitrogen functional groups attached to an aromatic ring is 2. The van der Waals surface area contributed by atoms with Gasteiger partial charge in [0.15, 0.2) is 0 Å². The molecule has 184 valence electrons. The van der Waals surface area contributed by atoms with Crippen LogP contribution in [0.4, 0.5) is 11.6 Å². The Morgan fingerprint density at radius 3 is 1.56 bits per heavy atom. The summed E-state index contributed by atoms with van der Waals surface area (Å²) >= 11 is 0. The van der Waals surface area contributed by atoms with Crippen LogP contribution in [0, 0.1) is 0 Å². The standard InChI is InChI=1S/C20H26N6O8/c21-17-9(5-25(19(31)23-17)15-3-11(29)13(7-27)33-15)1-2-10-6-26(20(32)24-18(10)22)16-4-12(30)14(8-28)34-16/h1-2,5-6,11-16,27-30H,3-4,7-8H2,(H2,21,23,31)(H2,22,24,32)/b2-1+. The number of hydrogen-bond acceptors (Lipinski definition) is 12. The fourth-order valence-corrected chi connectivity index (χ4v) is 3.94. The molecule has 0 aliphatic carbocycles. The summed E-state index contributed by atoms with van der Waals surface area (Å²) in [5, 5.41) is 38.5. The van der Waals surface area contributed by atoms with Crippen LogP contribution in [0.2, 0.25) is 0 Å². The number of hydrogen-bond donors (Lipinski definition) is 6. The van der Waals surface area contributed by atoms with E-state index in [1.165, 1.54) is 33.7 Å². The van der Waals surface area contributed by atoms with E-state index in [1.807, 2.05) is 0 Å². The van der Waals surface area contributed by atoms with Crippen molar-refractivity contribution < 1.29 is 29.9 Å². The maximum atomic E-state index is 12.3. The zero-order chi connectivity index (χ0) is 24.6. The molecule has 14 heteroatoms. The summed E-state index contributed by atoms with van der Waals surface area (Å²) < 4.78 is 13.4. The first-order chi connectivity index (χ1) is 16.2. The summed E-state index contributed by atoms with van der Waals surface area (Å²) in [6.07, 6.45) is 0.821. The largest absolute Gasteiger partial charge is 0.394 e. The van der Waals surface area contributed by atoms with E-state index in [0.29, 0.717) is 11.1 Å². The Kier molecular flexibility index (Phi) is 6.79. The molecule has 0 aromatic carbocycles. The summed E-state index contributed by atoms with van der Waals surface area (Å²) in [6.45, 7) is -0.797. The molecule has 2 saturated heterocycles. The van der Waals surface area contributed by atoms with Crippen molar-refractivity contribution in [3.05, 3.63) is 44.5 Å². The van der Waals surface area contributed by atoms with Crippen LogP contribution in [0.5, 0.6) is 0 Å². The molecule has 4 heterocycles. The maximum Gasteiger partial charge on any atom is 0.351 e. The molecule has 2 aromatic heterocycles. The second-order valence-electron chi connectivity index (χ2n) is 8.11. The number of nitrogens with two attached hydrogens (primary N) is 2. The van der Waals surface area contributed by atoms with E-state index < -0.39 is 61.5 Å². The van der Waals surface area contributed by atoms with Crippen molar-refractivity contribution in [3.63, 3.8) is 0 Å². The van der Waals surface area contributed by atoms with Gasteiger partial charge in [0.1, 0.15) is 36.3 Å². The van der Waals surface area contributed by atoms with Crippen LogP contribution in [-0.2, 0) is 9.47 Å². The average molecular weight is 478 g/mol. The van der Waals surface area contributed by atoms with Gasteiger partial charge in [-0.05, 0) is 12.2 Å². The third-order valence-electron chi connectivity index (χ3n) is 5.85. The van der Waals surface area contributed by atoms with E-state index in [0.717, 1.165) is 0 Å². The van der Waals surface area contributed by atoms with E-state index in [4.69, 9.17) is 20.9 Å². The predicted octanol–water partition coefficient (Wildman–Crippen LogP) is -2.58. The number of aromatic nitrogens is 4. The summed E-state index contributed by atoms with van der Waals surface area (Å²) in [4.78, 5) is 32.2. The molecule has 2 aromatic rings. The summed E-state index contributed by atoms with van der Waals surface area (Å²) in [7, 11) is 0. The van der Waals surface area contributed by atoms with Crippen LogP contribution in [-0.4, -0.2) is 77.2 Å². The molecule has 4 rings (SSSR count). The van der Waals surface area contributed by atoms with Crippen LogP contribution in [0.1, 0.15) is 36.4 Å². The molecule has 0 saturated carbocycles. The molecule has 0 spiro atoms. The lowest BCUT2D eigenvalue weighted by atomic mass is 10.2. The van der Waals surface area contributed by atoms with E-state index in [9.17, 15) is 30.0 Å². The predicted molar refractivity (Wildman–Crippen MR) is 118 cm³/mol. The monoisotopic (exact) mass is 478 g/mol. The average Bonchev–Trinajstić information content (AvgIpc) is 3.35. The third-order valence-corrected chi connectivity index (χ3v) is 5.85. The molecule has 2 aliphatic heterocycles. The molecular weight excluding hydrogens is 452 g/mol. The molecule has 2 fully saturated rings. The molecule has 14 nitrogen and oxygen atoms in total. The maximum absolute atomic E-state index is 12.3. The van der Waals surface area contributed by atoms with E-state index >= 15 is 0 Å². The zero-order valence-corrected chi connectivity index (χ0v) is 18.0. The smallest absolute Gasteiger partial charge is 0.351 e. The molecule has 0 radical (unpaired) electrons. The van der Waals surface area contributed by atoms with Gasteiger partial charge in [0, 0.05) is 36.4 Å². The first-order valence-corrected chi connectivity index (χ1v) is 10.6. The molecule has 6 atom stereocenters. The Bertz CT molecular complexity index is 1110. The fraction of sp³-hybridized carbons (Fsp3) is 0.500. The van der Waals surface area contributed by atoms with Crippen molar-refractivity contribution >= 4 is 23.8 Å². The van der Waals surface area contributed by atoms with Gasteiger partial charge in [-0.15, -0.1) is 0 Å². The normalized spacial score (nSPS) is 29.3. The molecule has 0 amide bonds. The van der Waals surface area contributed by atoms with Crippen molar-refractivity contribution in [1.82, 2.24) is 19.1 Å². The van der Waals surface area contributed by atoms with Gasteiger partial charge in [-0.2, -0.15) is 9.97 Å². The van der Waals surface area contributed by atoms with Crippen LogP contribution in [0.3, 0.4) is 0 Å². The Hall–Kier alpha value is -3.14. The van der Waals surface area contributed by atoms with Gasteiger partial charge in [-0.25, -0.2) is 9.59 Å². The van der Waals surface area contributed by atoms with Crippen molar-refractivity contribution in [2.75, 3.05) is 24.7 Å². The number of ether oxygens (including phenoxy) is 2. The van der Waals surface area contributed by atoms with Gasteiger partial charge in [0.2, 0.25) is 0 Å². The third kappa shape index (κ3) is 4.59. The number of aliphatic hydroxyl groups is 4. The van der Waals surface area contributed by atoms with Crippen LogP contribution >= 0.6 is 0 Å². The van der Waals surface area contributed by atoms with Gasteiger partial charge >= 0.3 is 11.4 Å². The van der Waals surface area contributed by atoms with Crippen LogP contribution in [0.15, 0.2) is 22.0 Å². The van der Waals surface area contributed by atoms with Crippen molar-refractivity contribution in [2.24, 2.45) is 0 Å². The van der Waals surface area contributed by atoms with E-state index in [1.54, 1.807) is 0 Å². The van der Waals surface area contributed by atoms with Crippen LogP contribution < -0.4 is 22.8 Å². The molecule has 34 heavy (non-hydrogen) atoms. The number of nitrogens with zero attached hydrogens (tertiary/aromatic N) is 4. The van der Waals surface area contributed by atoms with Crippen LogP contribution in [0.25, 0.3) is 12.2 Å². The molecule has 2 aliphatic rings. The van der Waals surface area contributed by atoms with E-state index in [-0.39, 0.29) is 24.5 Å². The van der Waals surface area contributed by atoms with Crippen molar-refractivity contribution in [2.45, 2.75) is 49.7 Å². The fourth-order valence-electron chi connectivity index (χ4n) is 3.94. The summed E-state index contributed by atoms with van der Waals surface area (Å²) in [5.74, 6) is -0.134. The Balaban J connectivity index is 1.63. The van der Waals surface area contributed by atoms with Crippen molar-refractivity contribution in [1.29, 1.82) is 0 Å². The van der Waals surface area contributed by atoms with Gasteiger partial charge in [-0.1, -0.05) is 0 Å². The second-order valence-corrected chi connectivity index (χ2v) is 8.11. The Labute approximate surface area is 192 Å². The molecule has 6 unspecified atom stereocenters. The molecule has 8 N–H and O–H groups in total. The highest BCUT2D eigenvalue weighted by Crippen LogP contribution is 2.29. The highest BCUT2D eigenvalue weighted by molar-refractivity contribution is 5.76. The second kappa shape index (κ2) is 9.61. The summed E-state index contributed by atoms with van der Waals surface area (Å²) in [6, 6.07) is 0. The van der Waals surface area contributed by atoms with Gasteiger partial charge < -0.3 is 41.4 Å².